The van der Waals surface area contributed by atoms with E-state index in [9.17, 15) is 4.39 Å². The minimum absolute atomic E-state index is 0.198. The fourth-order valence-corrected chi connectivity index (χ4v) is 1.39. The summed E-state index contributed by atoms with van der Waals surface area (Å²) in [5, 5.41) is 3.11. The standard InChI is InChI=1S/C12H14FN/c1-4-12(14-5-2)11-8-10(13)7-6-9(11)3/h1,6-8,12,14H,5H2,2-3H3. The van der Waals surface area contributed by atoms with Gasteiger partial charge >= 0.3 is 0 Å². The van der Waals surface area contributed by atoms with Crippen LogP contribution in [0.4, 0.5) is 4.39 Å². The van der Waals surface area contributed by atoms with Crippen LogP contribution in [0.25, 0.3) is 0 Å². The van der Waals surface area contributed by atoms with Crippen LogP contribution >= 0.6 is 0 Å². The van der Waals surface area contributed by atoms with Gasteiger partial charge in [-0.2, -0.15) is 0 Å². The van der Waals surface area contributed by atoms with Gasteiger partial charge in [-0.05, 0) is 36.7 Å². The predicted octanol–water partition coefficient (Wildman–Crippen LogP) is 2.42. The summed E-state index contributed by atoms with van der Waals surface area (Å²) in [5.41, 5.74) is 1.85. The van der Waals surface area contributed by atoms with E-state index in [1.54, 1.807) is 6.07 Å². The van der Waals surface area contributed by atoms with Crippen LogP contribution in [-0.2, 0) is 0 Å². The molecule has 74 valence electrons. The molecule has 0 saturated heterocycles. The summed E-state index contributed by atoms with van der Waals surface area (Å²) in [5.74, 6) is 2.36. The van der Waals surface area contributed by atoms with Gasteiger partial charge in [0.05, 0.1) is 6.04 Å². The zero-order valence-corrected chi connectivity index (χ0v) is 8.47. The summed E-state index contributed by atoms with van der Waals surface area (Å²) in [6.45, 7) is 4.67. The molecule has 1 unspecified atom stereocenters. The summed E-state index contributed by atoms with van der Waals surface area (Å²) in [4.78, 5) is 0. The molecule has 0 heterocycles. The Balaban J connectivity index is 3.03. The normalized spacial score (nSPS) is 12.1. The maximum absolute atomic E-state index is 13.0. The van der Waals surface area contributed by atoms with Crippen molar-refractivity contribution in [2.75, 3.05) is 6.54 Å². The molecule has 0 aliphatic carbocycles. The molecule has 0 amide bonds. The lowest BCUT2D eigenvalue weighted by atomic mass is 10.0. The Bertz CT molecular complexity index is 352. The second-order valence-corrected chi connectivity index (χ2v) is 3.16. The van der Waals surface area contributed by atoms with Crippen molar-refractivity contribution in [3.05, 3.63) is 35.1 Å². The largest absolute Gasteiger partial charge is 0.300 e. The molecule has 0 saturated carbocycles. The van der Waals surface area contributed by atoms with Gasteiger partial charge in [-0.1, -0.05) is 18.9 Å². The fraction of sp³-hybridized carbons (Fsp3) is 0.333. The monoisotopic (exact) mass is 191 g/mol. The first kappa shape index (κ1) is 10.7. The lowest BCUT2D eigenvalue weighted by molar-refractivity contribution is 0.612. The van der Waals surface area contributed by atoms with Crippen molar-refractivity contribution in [3.63, 3.8) is 0 Å². The molecular formula is C12H14FN. The molecule has 0 bridgehead atoms. The highest BCUT2D eigenvalue weighted by Gasteiger charge is 2.09. The van der Waals surface area contributed by atoms with E-state index in [1.165, 1.54) is 12.1 Å². The highest BCUT2D eigenvalue weighted by atomic mass is 19.1. The van der Waals surface area contributed by atoms with Gasteiger partial charge in [0.25, 0.3) is 0 Å². The third-order valence-corrected chi connectivity index (χ3v) is 2.13. The van der Waals surface area contributed by atoms with E-state index in [0.717, 1.165) is 17.7 Å². The van der Waals surface area contributed by atoms with E-state index in [-0.39, 0.29) is 11.9 Å². The molecule has 14 heavy (non-hydrogen) atoms. The van der Waals surface area contributed by atoms with Crippen LogP contribution in [-0.4, -0.2) is 6.54 Å². The van der Waals surface area contributed by atoms with Crippen LogP contribution in [0, 0.1) is 25.1 Å². The first-order valence-corrected chi connectivity index (χ1v) is 4.64. The Hall–Kier alpha value is -1.33. The maximum Gasteiger partial charge on any atom is 0.123 e. The van der Waals surface area contributed by atoms with Gasteiger partial charge in [-0.25, -0.2) is 4.39 Å². The quantitative estimate of drug-likeness (QED) is 0.723. The minimum Gasteiger partial charge on any atom is -0.300 e. The van der Waals surface area contributed by atoms with Gasteiger partial charge in [0, 0.05) is 0 Å². The summed E-state index contributed by atoms with van der Waals surface area (Å²) < 4.78 is 13.0. The summed E-state index contributed by atoms with van der Waals surface area (Å²) >= 11 is 0. The van der Waals surface area contributed by atoms with Gasteiger partial charge in [-0.3, -0.25) is 0 Å². The smallest absolute Gasteiger partial charge is 0.123 e. The maximum atomic E-state index is 13.0. The number of hydrogen-bond acceptors (Lipinski definition) is 1. The van der Waals surface area contributed by atoms with E-state index in [4.69, 9.17) is 6.42 Å². The van der Waals surface area contributed by atoms with Gasteiger partial charge in [0.2, 0.25) is 0 Å². The van der Waals surface area contributed by atoms with Crippen LogP contribution in [0.3, 0.4) is 0 Å². The Morgan fingerprint density at radius 3 is 2.86 bits per heavy atom. The lowest BCUT2D eigenvalue weighted by Gasteiger charge is -2.14. The summed E-state index contributed by atoms with van der Waals surface area (Å²) in [6.07, 6.45) is 5.37. The van der Waals surface area contributed by atoms with Crippen molar-refractivity contribution < 1.29 is 4.39 Å². The second kappa shape index (κ2) is 4.78. The van der Waals surface area contributed by atoms with Gasteiger partial charge in [-0.15, -0.1) is 6.42 Å². The van der Waals surface area contributed by atoms with E-state index < -0.39 is 0 Å². The molecule has 1 atom stereocenters. The van der Waals surface area contributed by atoms with Gasteiger partial charge in [0.1, 0.15) is 5.82 Å². The van der Waals surface area contributed by atoms with E-state index >= 15 is 0 Å². The molecule has 0 aliphatic rings. The third kappa shape index (κ3) is 2.34. The van der Waals surface area contributed by atoms with Crippen molar-refractivity contribution in [1.29, 1.82) is 0 Å². The molecule has 1 nitrogen and oxygen atoms in total. The molecule has 0 radical (unpaired) electrons. The van der Waals surface area contributed by atoms with Gasteiger partial charge < -0.3 is 5.32 Å². The van der Waals surface area contributed by atoms with Crippen molar-refractivity contribution in [3.8, 4) is 12.3 Å². The Kier molecular flexibility index (Phi) is 3.67. The topological polar surface area (TPSA) is 12.0 Å². The molecule has 1 aromatic rings. The predicted molar refractivity (Wildman–Crippen MR) is 56.4 cm³/mol. The number of nitrogens with one attached hydrogen (secondary N) is 1. The average molecular weight is 191 g/mol. The molecule has 0 aromatic heterocycles. The zero-order valence-electron chi connectivity index (χ0n) is 8.47. The Morgan fingerprint density at radius 1 is 1.57 bits per heavy atom. The Morgan fingerprint density at radius 2 is 2.29 bits per heavy atom. The highest BCUT2D eigenvalue weighted by molar-refractivity contribution is 5.33. The van der Waals surface area contributed by atoms with Crippen LogP contribution in [0.5, 0.6) is 0 Å². The zero-order chi connectivity index (χ0) is 10.6. The molecule has 1 aromatic carbocycles. The summed E-state index contributed by atoms with van der Waals surface area (Å²) in [7, 11) is 0. The fourth-order valence-electron chi connectivity index (χ4n) is 1.39. The number of hydrogen-bond donors (Lipinski definition) is 1. The van der Waals surface area contributed by atoms with Crippen LogP contribution in [0.2, 0.25) is 0 Å². The van der Waals surface area contributed by atoms with E-state index in [1.807, 2.05) is 13.8 Å². The minimum atomic E-state index is -0.247. The van der Waals surface area contributed by atoms with E-state index in [0.29, 0.717) is 0 Å². The van der Waals surface area contributed by atoms with Crippen molar-refractivity contribution >= 4 is 0 Å². The van der Waals surface area contributed by atoms with Gasteiger partial charge in [0.15, 0.2) is 0 Å². The first-order chi connectivity index (χ1) is 6.69. The van der Waals surface area contributed by atoms with E-state index in [2.05, 4.69) is 11.2 Å². The number of aryl methyl sites for hydroxylation is 1. The molecule has 0 spiro atoms. The molecule has 0 fully saturated rings. The van der Waals surface area contributed by atoms with Crippen LogP contribution in [0.1, 0.15) is 24.1 Å². The number of halogens is 1. The molecule has 1 N–H and O–H groups in total. The lowest BCUT2D eigenvalue weighted by Crippen LogP contribution is -2.20. The number of rotatable bonds is 3. The van der Waals surface area contributed by atoms with Crippen LogP contribution in [0.15, 0.2) is 18.2 Å². The Labute approximate surface area is 84.3 Å². The SMILES string of the molecule is C#CC(NCC)c1cc(F)ccc1C. The third-order valence-electron chi connectivity index (χ3n) is 2.13. The molecular weight excluding hydrogens is 177 g/mol. The highest BCUT2D eigenvalue weighted by Crippen LogP contribution is 2.18. The number of benzene rings is 1. The van der Waals surface area contributed by atoms with Crippen molar-refractivity contribution in [2.24, 2.45) is 0 Å². The number of terminal acetylenes is 1. The average Bonchev–Trinajstić information content (AvgIpc) is 2.18. The summed E-state index contributed by atoms with van der Waals surface area (Å²) in [6, 6.07) is 4.48. The molecule has 0 aliphatic heterocycles. The molecule has 1 rings (SSSR count). The van der Waals surface area contributed by atoms with Crippen molar-refractivity contribution in [1.82, 2.24) is 5.32 Å². The molecule has 2 heteroatoms. The second-order valence-electron chi connectivity index (χ2n) is 3.16. The van der Waals surface area contributed by atoms with Crippen molar-refractivity contribution in [2.45, 2.75) is 19.9 Å². The van der Waals surface area contributed by atoms with Crippen LogP contribution < -0.4 is 5.32 Å². The first-order valence-electron chi connectivity index (χ1n) is 4.64.